The molecule has 2 aliphatic heterocycles. The standard InChI is InChI=1S/C18H17ClN2O6S/c1-28(23,24)21-9-17(27-14-5-3-12(19)7-13(14)21)18(22)20-8-11-2-4-15-16(6-11)26-10-25-15/h2-7,17H,8-10H2,1H3,(H,20,22). The summed E-state index contributed by atoms with van der Waals surface area (Å²) in [7, 11) is -3.61. The van der Waals surface area contributed by atoms with Gasteiger partial charge in [0.2, 0.25) is 16.8 Å². The molecular formula is C18H17ClN2O6S. The van der Waals surface area contributed by atoms with Gasteiger partial charge in [0.15, 0.2) is 17.6 Å². The molecule has 0 spiro atoms. The van der Waals surface area contributed by atoms with Gasteiger partial charge in [-0.3, -0.25) is 9.10 Å². The molecule has 0 saturated heterocycles. The zero-order valence-corrected chi connectivity index (χ0v) is 16.4. The van der Waals surface area contributed by atoms with Crippen molar-refractivity contribution >= 4 is 33.2 Å². The summed E-state index contributed by atoms with van der Waals surface area (Å²) < 4.78 is 41.8. The molecule has 1 atom stereocenters. The molecule has 2 heterocycles. The van der Waals surface area contributed by atoms with E-state index in [2.05, 4.69) is 5.32 Å². The van der Waals surface area contributed by atoms with Gasteiger partial charge >= 0.3 is 0 Å². The van der Waals surface area contributed by atoms with Crippen molar-refractivity contribution in [2.24, 2.45) is 0 Å². The van der Waals surface area contributed by atoms with E-state index in [1.165, 1.54) is 6.07 Å². The predicted molar refractivity (Wildman–Crippen MR) is 102 cm³/mol. The van der Waals surface area contributed by atoms with Crippen molar-refractivity contribution in [3.8, 4) is 17.2 Å². The van der Waals surface area contributed by atoms with Crippen LogP contribution in [-0.4, -0.2) is 40.0 Å². The number of nitrogens with zero attached hydrogens (tertiary/aromatic N) is 1. The molecular weight excluding hydrogens is 408 g/mol. The van der Waals surface area contributed by atoms with Crippen LogP contribution in [0.5, 0.6) is 17.2 Å². The lowest BCUT2D eigenvalue weighted by molar-refractivity contribution is -0.127. The van der Waals surface area contributed by atoms with Crippen molar-refractivity contribution in [1.82, 2.24) is 5.32 Å². The lowest BCUT2D eigenvalue weighted by atomic mass is 10.2. The monoisotopic (exact) mass is 424 g/mol. The van der Waals surface area contributed by atoms with E-state index >= 15 is 0 Å². The van der Waals surface area contributed by atoms with Crippen molar-refractivity contribution in [3.05, 3.63) is 47.0 Å². The maximum Gasteiger partial charge on any atom is 0.263 e. The maximum absolute atomic E-state index is 12.6. The lowest BCUT2D eigenvalue weighted by Crippen LogP contribution is -2.50. The molecule has 10 heteroatoms. The Morgan fingerprint density at radius 2 is 1.93 bits per heavy atom. The number of benzene rings is 2. The molecule has 1 unspecified atom stereocenters. The van der Waals surface area contributed by atoms with Crippen LogP contribution in [0.1, 0.15) is 5.56 Å². The summed E-state index contributed by atoms with van der Waals surface area (Å²) in [5.41, 5.74) is 1.13. The minimum atomic E-state index is -3.61. The first-order valence-corrected chi connectivity index (χ1v) is 10.6. The fraction of sp³-hybridized carbons (Fsp3) is 0.278. The van der Waals surface area contributed by atoms with Gasteiger partial charge in [-0.25, -0.2) is 8.42 Å². The van der Waals surface area contributed by atoms with Gasteiger partial charge in [0.25, 0.3) is 5.91 Å². The third-order valence-corrected chi connectivity index (χ3v) is 5.77. The van der Waals surface area contributed by atoms with E-state index in [1.807, 2.05) is 6.07 Å². The Bertz CT molecular complexity index is 1040. The zero-order valence-electron chi connectivity index (χ0n) is 14.8. The summed E-state index contributed by atoms with van der Waals surface area (Å²) in [6, 6.07) is 9.99. The maximum atomic E-state index is 12.6. The summed E-state index contributed by atoms with van der Waals surface area (Å²) in [5.74, 6) is 1.13. The number of hydrogen-bond donors (Lipinski definition) is 1. The van der Waals surface area contributed by atoms with Gasteiger partial charge < -0.3 is 19.5 Å². The number of carbonyl (C=O) groups excluding carboxylic acids is 1. The van der Waals surface area contributed by atoms with Crippen LogP contribution in [0.25, 0.3) is 0 Å². The van der Waals surface area contributed by atoms with Crippen LogP contribution >= 0.6 is 11.6 Å². The number of hydrogen-bond acceptors (Lipinski definition) is 6. The Morgan fingerprint density at radius 1 is 1.18 bits per heavy atom. The molecule has 4 rings (SSSR count). The van der Waals surface area contributed by atoms with E-state index < -0.39 is 22.0 Å². The molecule has 8 nitrogen and oxygen atoms in total. The highest BCUT2D eigenvalue weighted by atomic mass is 35.5. The lowest BCUT2D eigenvalue weighted by Gasteiger charge is -2.34. The minimum Gasteiger partial charge on any atom is -0.476 e. The topological polar surface area (TPSA) is 94.2 Å². The van der Waals surface area contributed by atoms with Crippen LogP contribution in [0.15, 0.2) is 36.4 Å². The molecule has 28 heavy (non-hydrogen) atoms. The van der Waals surface area contributed by atoms with Crippen LogP contribution < -0.4 is 23.8 Å². The molecule has 0 fully saturated rings. The molecule has 2 aliphatic rings. The number of sulfonamides is 1. The Hall–Kier alpha value is -2.65. The largest absolute Gasteiger partial charge is 0.476 e. The van der Waals surface area contributed by atoms with Crippen molar-refractivity contribution < 1.29 is 27.4 Å². The van der Waals surface area contributed by atoms with E-state index in [9.17, 15) is 13.2 Å². The first-order chi connectivity index (χ1) is 13.3. The van der Waals surface area contributed by atoms with Crippen LogP contribution in [0.4, 0.5) is 5.69 Å². The first-order valence-electron chi connectivity index (χ1n) is 8.41. The number of halogens is 1. The van der Waals surface area contributed by atoms with Crippen LogP contribution in [0.3, 0.4) is 0 Å². The molecule has 1 N–H and O–H groups in total. The Morgan fingerprint density at radius 3 is 2.71 bits per heavy atom. The summed E-state index contributed by atoms with van der Waals surface area (Å²) in [6.45, 7) is 0.270. The quantitative estimate of drug-likeness (QED) is 0.805. The minimum absolute atomic E-state index is 0.140. The van der Waals surface area contributed by atoms with E-state index in [-0.39, 0.29) is 25.6 Å². The SMILES string of the molecule is CS(=O)(=O)N1CC(C(=O)NCc2ccc3c(c2)OCO3)Oc2ccc(Cl)cc21. The average Bonchev–Trinajstić information content (AvgIpc) is 3.12. The summed E-state index contributed by atoms with van der Waals surface area (Å²) in [4.78, 5) is 12.6. The van der Waals surface area contributed by atoms with Gasteiger partial charge in [-0.15, -0.1) is 0 Å². The Kier molecular flexibility index (Phi) is 4.72. The molecule has 2 aromatic rings. The van der Waals surface area contributed by atoms with Crippen molar-refractivity contribution in [1.29, 1.82) is 0 Å². The summed E-state index contributed by atoms with van der Waals surface area (Å²) in [6.07, 6.45) is 0.0855. The van der Waals surface area contributed by atoms with Gasteiger partial charge in [0, 0.05) is 11.6 Å². The fourth-order valence-corrected chi connectivity index (χ4v) is 4.10. The molecule has 0 aromatic heterocycles. The molecule has 1 amide bonds. The first kappa shape index (κ1) is 18.7. The second kappa shape index (κ2) is 7.06. The van der Waals surface area contributed by atoms with Gasteiger partial charge in [-0.1, -0.05) is 17.7 Å². The number of ether oxygens (including phenoxy) is 3. The van der Waals surface area contributed by atoms with Crippen LogP contribution in [0.2, 0.25) is 5.02 Å². The Balaban J connectivity index is 1.49. The van der Waals surface area contributed by atoms with Gasteiger partial charge in [0.1, 0.15) is 5.75 Å². The van der Waals surface area contributed by atoms with Crippen molar-refractivity contribution in [2.75, 3.05) is 23.9 Å². The molecule has 0 saturated carbocycles. The molecule has 0 radical (unpaired) electrons. The number of anilines is 1. The van der Waals surface area contributed by atoms with Crippen molar-refractivity contribution in [2.45, 2.75) is 12.6 Å². The summed E-state index contributed by atoms with van der Waals surface area (Å²) in [5, 5.41) is 3.14. The Labute approximate surface area is 167 Å². The number of fused-ring (bicyclic) bond motifs is 2. The second-order valence-corrected chi connectivity index (χ2v) is 8.76. The van der Waals surface area contributed by atoms with Crippen LogP contribution in [0, 0.1) is 0 Å². The highest BCUT2D eigenvalue weighted by Gasteiger charge is 2.35. The molecule has 148 valence electrons. The smallest absolute Gasteiger partial charge is 0.263 e. The highest BCUT2D eigenvalue weighted by molar-refractivity contribution is 7.92. The number of nitrogens with one attached hydrogen (secondary N) is 1. The molecule has 2 aromatic carbocycles. The fourth-order valence-electron chi connectivity index (χ4n) is 3.03. The van der Waals surface area contributed by atoms with E-state index in [0.717, 1.165) is 16.1 Å². The molecule has 0 aliphatic carbocycles. The van der Waals surface area contributed by atoms with E-state index in [1.54, 1.807) is 24.3 Å². The highest BCUT2D eigenvalue weighted by Crippen LogP contribution is 2.37. The number of rotatable bonds is 4. The van der Waals surface area contributed by atoms with Gasteiger partial charge in [-0.05, 0) is 35.9 Å². The third-order valence-electron chi connectivity index (χ3n) is 4.39. The summed E-state index contributed by atoms with van der Waals surface area (Å²) >= 11 is 5.97. The van der Waals surface area contributed by atoms with Gasteiger partial charge in [0.05, 0.1) is 18.5 Å². The zero-order chi connectivity index (χ0) is 19.9. The third kappa shape index (κ3) is 3.67. The normalized spacial score (nSPS) is 17.6. The van der Waals surface area contributed by atoms with Gasteiger partial charge in [-0.2, -0.15) is 0 Å². The number of amides is 1. The van der Waals surface area contributed by atoms with E-state index in [4.69, 9.17) is 25.8 Å². The molecule has 0 bridgehead atoms. The predicted octanol–water partition coefficient (Wildman–Crippen LogP) is 1.91. The second-order valence-electron chi connectivity index (χ2n) is 6.42. The van der Waals surface area contributed by atoms with Crippen molar-refractivity contribution in [3.63, 3.8) is 0 Å². The number of carbonyl (C=O) groups is 1. The average molecular weight is 425 g/mol. The van der Waals surface area contributed by atoms with Crippen LogP contribution in [-0.2, 0) is 21.4 Å². The van der Waals surface area contributed by atoms with E-state index in [0.29, 0.717) is 22.2 Å².